The predicted octanol–water partition coefficient (Wildman–Crippen LogP) is 4.51. The summed E-state index contributed by atoms with van der Waals surface area (Å²) in [5.41, 5.74) is 5.83. The van der Waals surface area contributed by atoms with E-state index in [0.717, 1.165) is 33.7 Å². The first-order valence-corrected chi connectivity index (χ1v) is 10.7. The first kappa shape index (κ1) is 22.2. The van der Waals surface area contributed by atoms with Gasteiger partial charge in [0.15, 0.2) is 5.82 Å². The molecule has 0 radical (unpaired) electrons. The molecule has 2 aromatic carbocycles. The first-order chi connectivity index (χ1) is 15.9. The number of pyridine rings is 1. The molecule has 1 N–H and O–H groups in total. The van der Waals surface area contributed by atoms with Crippen LogP contribution in [-0.2, 0) is 9.59 Å². The second kappa shape index (κ2) is 9.24. The molecule has 0 bridgehead atoms. The number of amides is 2. The van der Waals surface area contributed by atoms with Gasteiger partial charge in [-0.3, -0.25) is 14.5 Å². The molecule has 0 fully saturated rings. The second-order valence-electron chi connectivity index (χ2n) is 8.11. The quantitative estimate of drug-likeness (QED) is 0.630. The number of hydrogen-bond acceptors (Lipinski definition) is 5. The van der Waals surface area contributed by atoms with Crippen LogP contribution < -0.4 is 15.0 Å². The minimum Gasteiger partial charge on any atom is -0.497 e. The topological polar surface area (TPSA) is 83.9 Å². The molecule has 33 heavy (non-hydrogen) atoms. The van der Waals surface area contributed by atoms with Gasteiger partial charge in [0.2, 0.25) is 11.8 Å². The summed E-state index contributed by atoms with van der Waals surface area (Å²) in [6.45, 7) is 5.78. The maximum atomic E-state index is 13.3. The molecule has 3 aromatic rings. The number of ether oxygens (including phenoxy) is 1. The van der Waals surface area contributed by atoms with Crippen LogP contribution in [0.2, 0.25) is 0 Å². The molecule has 7 heteroatoms. The van der Waals surface area contributed by atoms with Crippen LogP contribution >= 0.6 is 0 Å². The summed E-state index contributed by atoms with van der Waals surface area (Å²) < 4.78 is 5.22. The van der Waals surface area contributed by atoms with Crippen molar-refractivity contribution in [3.05, 3.63) is 77.0 Å². The van der Waals surface area contributed by atoms with Crippen LogP contribution in [0, 0.1) is 20.8 Å². The number of nitrogens with zero attached hydrogens (tertiary/aromatic N) is 3. The molecule has 168 valence electrons. The number of carbonyl (C=O) groups is 2. The molecular weight excluding hydrogens is 416 g/mol. The van der Waals surface area contributed by atoms with Gasteiger partial charge in [0.25, 0.3) is 0 Å². The Morgan fingerprint density at radius 2 is 1.79 bits per heavy atom. The Morgan fingerprint density at radius 3 is 2.45 bits per heavy atom. The maximum Gasteiger partial charge on any atom is 0.244 e. The number of fused-ring (bicyclic) bond motifs is 1. The highest BCUT2D eigenvalue weighted by Gasteiger charge is 2.28. The lowest BCUT2D eigenvalue weighted by atomic mass is 10.1. The van der Waals surface area contributed by atoms with Crippen molar-refractivity contribution in [2.75, 3.05) is 23.9 Å². The molecule has 0 aliphatic carbocycles. The smallest absolute Gasteiger partial charge is 0.244 e. The number of aliphatic imine (C=N–C) groups is 1. The zero-order valence-electron chi connectivity index (χ0n) is 19.2. The molecule has 4 rings (SSSR count). The number of aromatic nitrogens is 1. The molecule has 0 saturated heterocycles. The van der Waals surface area contributed by atoms with Crippen LogP contribution in [0.4, 0.5) is 17.2 Å². The largest absolute Gasteiger partial charge is 0.497 e. The fourth-order valence-electron chi connectivity index (χ4n) is 4.04. The van der Waals surface area contributed by atoms with Crippen molar-refractivity contribution < 1.29 is 14.3 Å². The summed E-state index contributed by atoms with van der Waals surface area (Å²) >= 11 is 0. The Labute approximate surface area is 193 Å². The fraction of sp³-hybridized carbons (Fsp3) is 0.231. The molecule has 2 amide bonds. The minimum absolute atomic E-state index is 0.0541. The van der Waals surface area contributed by atoms with Crippen molar-refractivity contribution in [3.63, 3.8) is 0 Å². The van der Waals surface area contributed by atoms with Gasteiger partial charge in [-0.1, -0.05) is 17.7 Å². The fourth-order valence-corrected chi connectivity index (χ4v) is 4.04. The van der Waals surface area contributed by atoms with Crippen LogP contribution in [0.15, 0.2) is 59.7 Å². The summed E-state index contributed by atoms with van der Waals surface area (Å²) in [5, 5.41) is 2.97. The van der Waals surface area contributed by atoms with Crippen LogP contribution in [0.5, 0.6) is 5.75 Å². The van der Waals surface area contributed by atoms with E-state index in [4.69, 9.17) is 9.73 Å². The van der Waals surface area contributed by atoms with E-state index in [0.29, 0.717) is 17.2 Å². The molecule has 7 nitrogen and oxygen atoms in total. The zero-order chi connectivity index (χ0) is 23.5. The Hall–Kier alpha value is -4.00. The van der Waals surface area contributed by atoms with Gasteiger partial charge in [-0.05, 0) is 73.9 Å². The van der Waals surface area contributed by atoms with Crippen molar-refractivity contribution in [2.24, 2.45) is 4.99 Å². The highest BCUT2D eigenvalue weighted by atomic mass is 16.5. The van der Waals surface area contributed by atoms with Crippen molar-refractivity contribution >= 4 is 34.7 Å². The maximum absolute atomic E-state index is 13.3. The zero-order valence-corrected chi connectivity index (χ0v) is 19.2. The van der Waals surface area contributed by atoms with Crippen LogP contribution in [0.3, 0.4) is 0 Å². The van der Waals surface area contributed by atoms with Gasteiger partial charge >= 0.3 is 0 Å². The molecule has 0 unspecified atom stereocenters. The monoisotopic (exact) mass is 442 g/mol. The summed E-state index contributed by atoms with van der Waals surface area (Å²) in [7, 11) is 1.60. The van der Waals surface area contributed by atoms with Crippen molar-refractivity contribution in [1.29, 1.82) is 0 Å². The van der Waals surface area contributed by atoms with E-state index in [2.05, 4.69) is 10.3 Å². The average molecular weight is 443 g/mol. The van der Waals surface area contributed by atoms with Crippen molar-refractivity contribution in [2.45, 2.75) is 27.2 Å². The van der Waals surface area contributed by atoms with Gasteiger partial charge in [0, 0.05) is 11.9 Å². The molecule has 0 atom stereocenters. The van der Waals surface area contributed by atoms with E-state index in [1.165, 1.54) is 4.90 Å². The molecule has 1 aliphatic heterocycles. The predicted molar refractivity (Wildman–Crippen MR) is 130 cm³/mol. The number of carbonyl (C=O) groups excluding carboxylic acids is 2. The molecule has 0 spiro atoms. The van der Waals surface area contributed by atoms with Gasteiger partial charge in [0.1, 0.15) is 18.0 Å². The summed E-state index contributed by atoms with van der Waals surface area (Å²) in [5.74, 6) is 0.567. The number of anilines is 2. The lowest BCUT2D eigenvalue weighted by Gasteiger charge is -2.21. The SMILES string of the molecule is COc1ccc(C2=Nc3cccnc3N(CC(=O)Nc3c(C)cc(C)cc3C)C(=O)C2)cc1. The van der Waals surface area contributed by atoms with E-state index >= 15 is 0 Å². The van der Waals surface area contributed by atoms with Gasteiger partial charge in [0.05, 0.1) is 19.2 Å². The average Bonchev–Trinajstić information content (AvgIpc) is 2.93. The third-order valence-electron chi connectivity index (χ3n) is 5.56. The Balaban J connectivity index is 1.61. The molecular formula is C26H26N4O3. The van der Waals surface area contributed by atoms with E-state index in [1.807, 2.05) is 57.2 Å². The minimum atomic E-state index is -0.289. The number of aryl methyl sites for hydroxylation is 3. The first-order valence-electron chi connectivity index (χ1n) is 10.7. The molecule has 2 heterocycles. The highest BCUT2D eigenvalue weighted by Crippen LogP contribution is 2.31. The third-order valence-corrected chi connectivity index (χ3v) is 5.56. The van der Waals surface area contributed by atoms with E-state index in [1.54, 1.807) is 25.4 Å². The van der Waals surface area contributed by atoms with Crippen molar-refractivity contribution in [3.8, 4) is 5.75 Å². The summed E-state index contributed by atoms with van der Waals surface area (Å²) in [6.07, 6.45) is 1.65. The Morgan fingerprint density at radius 1 is 1.09 bits per heavy atom. The van der Waals surface area contributed by atoms with Gasteiger partial charge < -0.3 is 10.1 Å². The number of rotatable bonds is 5. The number of methoxy groups -OCH3 is 1. The summed E-state index contributed by atoms with van der Waals surface area (Å²) in [6, 6.07) is 15.0. The van der Waals surface area contributed by atoms with Crippen LogP contribution in [0.1, 0.15) is 28.7 Å². The number of benzene rings is 2. The second-order valence-corrected chi connectivity index (χ2v) is 8.11. The standard InChI is InChI=1S/C26H26N4O3/c1-16-12-17(2)25(18(3)13-16)29-23(31)15-30-24(32)14-22(19-7-9-20(33-4)10-8-19)28-21-6-5-11-27-26(21)30/h5-13H,14-15H2,1-4H3,(H,29,31). The van der Waals surface area contributed by atoms with E-state index < -0.39 is 0 Å². The Kier molecular flexibility index (Phi) is 6.22. The lowest BCUT2D eigenvalue weighted by Crippen LogP contribution is -2.39. The normalized spacial score (nSPS) is 13.2. The number of nitrogens with one attached hydrogen (secondary N) is 1. The lowest BCUT2D eigenvalue weighted by molar-refractivity contribution is -0.120. The third kappa shape index (κ3) is 4.77. The van der Waals surface area contributed by atoms with Crippen LogP contribution in [-0.4, -0.2) is 36.2 Å². The van der Waals surface area contributed by atoms with Crippen molar-refractivity contribution in [1.82, 2.24) is 4.98 Å². The number of hydrogen-bond donors (Lipinski definition) is 1. The van der Waals surface area contributed by atoms with E-state index in [-0.39, 0.29) is 24.8 Å². The Bertz CT molecular complexity index is 1230. The molecule has 1 aliphatic rings. The van der Waals surface area contributed by atoms with Gasteiger partial charge in [-0.25, -0.2) is 9.98 Å². The molecule has 0 saturated carbocycles. The van der Waals surface area contributed by atoms with E-state index in [9.17, 15) is 9.59 Å². The molecule has 1 aromatic heterocycles. The highest BCUT2D eigenvalue weighted by molar-refractivity contribution is 6.18. The van der Waals surface area contributed by atoms with Crippen LogP contribution in [0.25, 0.3) is 0 Å². The summed E-state index contributed by atoms with van der Waals surface area (Å²) in [4.78, 5) is 36.7. The van der Waals surface area contributed by atoms with Gasteiger partial charge in [-0.2, -0.15) is 0 Å². The van der Waals surface area contributed by atoms with Gasteiger partial charge in [-0.15, -0.1) is 0 Å².